The van der Waals surface area contributed by atoms with E-state index >= 15 is 0 Å². The van der Waals surface area contributed by atoms with Crippen LogP contribution in [0.1, 0.15) is 31.2 Å². The number of anilines is 2. The minimum Gasteiger partial charge on any atom is -0.466 e. The van der Waals surface area contributed by atoms with Crippen molar-refractivity contribution >= 4 is 28.4 Å². The highest BCUT2D eigenvalue weighted by Crippen LogP contribution is 2.34. The van der Waals surface area contributed by atoms with Gasteiger partial charge in [-0.2, -0.15) is 5.10 Å². The Hall–Kier alpha value is -3.95. The Morgan fingerprint density at radius 2 is 2.00 bits per heavy atom. The molecule has 1 saturated heterocycles. The van der Waals surface area contributed by atoms with Crippen LogP contribution in [-0.2, 0) is 22.5 Å². The van der Waals surface area contributed by atoms with E-state index in [0.717, 1.165) is 34.4 Å². The summed E-state index contributed by atoms with van der Waals surface area (Å²) in [5.74, 6) is 0.684. The third-order valence-corrected chi connectivity index (χ3v) is 5.96. The lowest BCUT2D eigenvalue weighted by Gasteiger charge is -2.24. The van der Waals surface area contributed by atoms with Crippen molar-refractivity contribution in [1.82, 2.24) is 25.0 Å². The van der Waals surface area contributed by atoms with E-state index in [1.165, 1.54) is 0 Å². The number of nitrogens with zero attached hydrogens (tertiary/aromatic N) is 6. The zero-order valence-corrected chi connectivity index (χ0v) is 19.5. The fourth-order valence-electron chi connectivity index (χ4n) is 4.10. The maximum atomic E-state index is 11.8. The molecule has 0 saturated carbocycles. The smallest absolute Gasteiger partial charge is 0.307 e. The number of carbonyl (C=O) groups is 1. The first kappa shape index (κ1) is 21.9. The van der Waals surface area contributed by atoms with E-state index in [2.05, 4.69) is 54.8 Å². The van der Waals surface area contributed by atoms with Crippen molar-refractivity contribution in [2.45, 2.75) is 38.8 Å². The average Bonchev–Trinajstić information content (AvgIpc) is 3.47. The molecule has 1 atom stereocenters. The minimum atomic E-state index is -0.208. The van der Waals surface area contributed by atoms with E-state index in [-0.39, 0.29) is 12.0 Å². The Balaban J connectivity index is 1.47. The first-order valence-corrected chi connectivity index (χ1v) is 11.4. The van der Waals surface area contributed by atoms with Crippen LogP contribution in [0.5, 0.6) is 0 Å². The number of hydrogen-bond acceptors (Lipinski definition) is 9. The quantitative estimate of drug-likeness (QED) is 0.414. The summed E-state index contributed by atoms with van der Waals surface area (Å²) >= 11 is 0. The van der Waals surface area contributed by atoms with Crippen LogP contribution in [0.4, 0.5) is 11.4 Å². The van der Waals surface area contributed by atoms with Crippen LogP contribution in [0.3, 0.4) is 0 Å². The van der Waals surface area contributed by atoms with Gasteiger partial charge in [0.15, 0.2) is 5.65 Å². The van der Waals surface area contributed by atoms with Gasteiger partial charge in [0.2, 0.25) is 5.89 Å². The summed E-state index contributed by atoms with van der Waals surface area (Å²) in [6.45, 7) is 3.11. The van der Waals surface area contributed by atoms with Gasteiger partial charge in [-0.15, -0.1) is 10.2 Å². The molecule has 10 heteroatoms. The molecule has 176 valence electrons. The number of pyridine rings is 1. The van der Waals surface area contributed by atoms with E-state index in [1.54, 1.807) is 12.4 Å². The summed E-state index contributed by atoms with van der Waals surface area (Å²) in [5.41, 5.74) is 4.44. The van der Waals surface area contributed by atoms with Crippen molar-refractivity contribution < 1.29 is 13.9 Å². The van der Waals surface area contributed by atoms with Crippen LogP contribution < -0.4 is 10.2 Å². The molecule has 4 heterocycles. The summed E-state index contributed by atoms with van der Waals surface area (Å²) in [6.07, 6.45) is 5.05. The number of carbonyl (C=O) groups excluding carboxylic acids is 1. The van der Waals surface area contributed by atoms with E-state index in [4.69, 9.17) is 9.15 Å². The van der Waals surface area contributed by atoms with Crippen molar-refractivity contribution in [3.05, 3.63) is 48.1 Å². The van der Waals surface area contributed by atoms with Crippen molar-refractivity contribution in [3.63, 3.8) is 0 Å². The molecule has 1 aromatic carbocycles. The molecule has 0 spiro atoms. The van der Waals surface area contributed by atoms with E-state index in [9.17, 15) is 4.79 Å². The molecule has 1 aliphatic heterocycles. The molecule has 0 aliphatic carbocycles. The Morgan fingerprint density at radius 1 is 1.18 bits per heavy atom. The molecular weight excluding hydrogens is 434 g/mol. The van der Waals surface area contributed by atoms with Gasteiger partial charge in [-0.1, -0.05) is 12.1 Å². The summed E-state index contributed by atoms with van der Waals surface area (Å²) in [6, 6.07) is 8.18. The van der Waals surface area contributed by atoms with E-state index < -0.39 is 0 Å². The number of hydrogen-bond donors (Lipinski definition) is 1. The number of benzene rings is 1. The van der Waals surface area contributed by atoms with Crippen LogP contribution in [-0.4, -0.2) is 57.7 Å². The fourth-order valence-corrected chi connectivity index (χ4v) is 4.10. The second-order valence-corrected chi connectivity index (χ2v) is 8.54. The first-order chi connectivity index (χ1) is 16.5. The number of fused-ring (bicyclic) bond motifs is 1. The molecule has 1 aliphatic rings. The zero-order chi connectivity index (χ0) is 23.7. The fraction of sp³-hybridized carbons (Fsp3) is 0.375. The highest BCUT2D eigenvalue weighted by molar-refractivity contribution is 5.96. The predicted octanol–water partition coefficient (Wildman–Crippen LogP) is 3.28. The molecule has 10 nitrogen and oxygen atoms in total. The molecule has 34 heavy (non-hydrogen) atoms. The zero-order valence-electron chi connectivity index (χ0n) is 19.5. The third kappa shape index (κ3) is 4.30. The van der Waals surface area contributed by atoms with Gasteiger partial charge in [0.05, 0.1) is 42.3 Å². The first-order valence-electron chi connectivity index (χ1n) is 11.4. The van der Waals surface area contributed by atoms with Gasteiger partial charge >= 0.3 is 5.97 Å². The van der Waals surface area contributed by atoms with Crippen molar-refractivity contribution in [2.24, 2.45) is 0 Å². The largest absolute Gasteiger partial charge is 0.466 e. The van der Waals surface area contributed by atoms with E-state index in [1.807, 2.05) is 25.7 Å². The van der Waals surface area contributed by atoms with Crippen LogP contribution in [0.2, 0.25) is 0 Å². The number of esters is 1. The van der Waals surface area contributed by atoms with Gasteiger partial charge in [-0.05, 0) is 24.6 Å². The van der Waals surface area contributed by atoms with Crippen molar-refractivity contribution in [1.29, 1.82) is 0 Å². The van der Waals surface area contributed by atoms with Crippen LogP contribution in [0, 0.1) is 0 Å². The number of nitrogens with one attached hydrogen (secondary N) is 1. The van der Waals surface area contributed by atoms with Gasteiger partial charge < -0.3 is 19.4 Å². The molecule has 1 fully saturated rings. The second-order valence-electron chi connectivity index (χ2n) is 8.54. The maximum Gasteiger partial charge on any atom is 0.307 e. The number of aromatic nitrogens is 5. The lowest BCUT2D eigenvalue weighted by Crippen LogP contribution is -2.31. The molecule has 0 radical (unpaired) electrons. The number of aryl methyl sites for hydroxylation is 1. The SMILES string of the molecule is CCn1ncc2c(NC3CCOC(=O)C3)c(-c3nnc(Cc4ccc(N(C)C)cc4)o3)cnc21. The monoisotopic (exact) mass is 461 g/mol. The molecule has 0 bridgehead atoms. The highest BCUT2D eigenvalue weighted by Gasteiger charge is 2.25. The average molecular weight is 462 g/mol. The summed E-state index contributed by atoms with van der Waals surface area (Å²) in [4.78, 5) is 18.5. The minimum absolute atomic E-state index is 0.0619. The summed E-state index contributed by atoms with van der Waals surface area (Å²) in [7, 11) is 4.02. The lowest BCUT2D eigenvalue weighted by molar-refractivity contribution is -0.147. The van der Waals surface area contributed by atoms with Crippen molar-refractivity contribution in [2.75, 3.05) is 30.9 Å². The normalized spacial score (nSPS) is 16.0. The molecule has 5 rings (SSSR count). The van der Waals surface area contributed by atoms with E-state index in [0.29, 0.717) is 43.3 Å². The highest BCUT2D eigenvalue weighted by atomic mass is 16.5. The molecular formula is C24H27N7O3. The Kier molecular flexibility index (Phi) is 5.87. The van der Waals surface area contributed by atoms with Gasteiger partial charge in [0, 0.05) is 45.0 Å². The number of ether oxygens (including phenoxy) is 1. The third-order valence-electron chi connectivity index (χ3n) is 5.96. The lowest BCUT2D eigenvalue weighted by atomic mass is 10.1. The predicted molar refractivity (Wildman–Crippen MR) is 128 cm³/mol. The number of rotatable bonds is 7. The van der Waals surface area contributed by atoms with Gasteiger partial charge in [0.1, 0.15) is 0 Å². The molecule has 4 aromatic rings. The topological polar surface area (TPSA) is 111 Å². The van der Waals surface area contributed by atoms with Crippen LogP contribution in [0.15, 0.2) is 41.1 Å². The van der Waals surface area contributed by atoms with Crippen LogP contribution in [0.25, 0.3) is 22.5 Å². The molecule has 0 amide bonds. The Labute approximate surface area is 196 Å². The van der Waals surface area contributed by atoms with Gasteiger partial charge in [-0.3, -0.25) is 4.79 Å². The number of cyclic esters (lactones) is 1. The molecule has 3 aromatic heterocycles. The Bertz CT molecular complexity index is 1310. The summed E-state index contributed by atoms with van der Waals surface area (Å²) in [5, 5.41) is 17.4. The maximum absolute atomic E-state index is 11.8. The van der Waals surface area contributed by atoms with Gasteiger partial charge in [0.25, 0.3) is 5.89 Å². The van der Waals surface area contributed by atoms with Gasteiger partial charge in [-0.25, -0.2) is 9.67 Å². The Morgan fingerprint density at radius 3 is 2.74 bits per heavy atom. The summed E-state index contributed by atoms with van der Waals surface area (Å²) < 4.78 is 13.0. The standard InChI is InChI=1S/C24H27N7O3/c1-4-31-23-18(14-26-31)22(27-16-9-10-33-21(32)12-16)19(13-25-23)24-29-28-20(34-24)11-15-5-7-17(8-6-15)30(2)3/h5-8,13-14,16H,4,9-12H2,1-3H3,(H,25,27). The second kappa shape index (κ2) is 9.12. The van der Waals surface area contributed by atoms with Crippen LogP contribution >= 0.6 is 0 Å². The molecule has 1 unspecified atom stereocenters. The van der Waals surface area contributed by atoms with Crippen molar-refractivity contribution in [3.8, 4) is 11.5 Å². The molecule has 1 N–H and O–H groups in total.